The number of nitrogens with two attached hydrogens (primary N) is 1. The van der Waals surface area contributed by atoms with Gasteiger partial charge in [0.25, 0.3) is 0 Å². The summed E-state index contributed by atoms with van der Waals surface area (Å²) in [6.07, 6.45) is 7.27. The number of thioether (sulfide) groups is 1. The number of rotatable bonds is 3. The maximum atomic E-state index is 6.02. The smallest absolute Gasteiger partial charge is 0.147 e. The lowest BCUT2D eigenvalue weighted by molar-refractivity contribution is 0.470. The zero-order valence-corrected chi connectivity index (χ0v) is 11.7. The Balaban J connectivity index is 1.98. The minimum absolute atomic E-state index is 0.551. The molecule has 0 aliphatic heterocycles. The van der Waals surface area contributed by atoms with Gasteiger partial charge in [-0.2, -0.15) is 16.9 Å². The van der Waals surface area contributed by atoms with E-state index in [1.807, 2.05) is 30.4 Å². The Bertz CT molecular complexity index is 380. The van der Waals surface area contributed by atoms with Gasteiger partial charge in [-0.05, 0) is 38.9 Å². The highest BCUT2D eigenvalue weighted by Gasteiger charge is 2.22. The number of nitrogens with one attached hydrogen (secondary N) is 1. The summed E-state index contributed by atoms with van der Waals surface area (Å²) in [6, 6.07) is 0.551. The van der Waals surface area contributed by atoms with Crippen LogP contribution in [0.1, 0.15) is 31.4 Å². The van der Waals surface area contributed by atoms with Crippen LogP contribution < -0.4 is 11.1 Å². The third-order valence-corrected chi connectivity index (χ3v) is 4.75. The van der Waals surface area contributed by atoms with Crippen molar-refractivity contribution in [1.82, 2.24) is 9.78 Å². The van der Waals surface area contributed by atoms with E-state index in [-0.39, 0.29) is 0 Å². The van der Waals surface area contributed by atoms with E-state index in [0.29, 0.717) is 6.04 Å². The first kappa shape index (κ1) is 12.6. The second-order valence-corrected chi connectivity index (χ2v) is 5.96. The minimum atomic E-state index is 0.551. The van der Waals surface area contributed by atoms with E-state index < -0.39 is 0 Å². The molecule has 1 aliphatic rings. The standard InChI is InChI=1S/C12H22N4S/c1-8-11(13)12(16(2)15-8)14-9-4-6-10(17-3)7-5-9/h9-10,14H,4-7,13H2,1-3H3. The molecular weight excluding hydrogens is 232 g/mol. The minimum Gasteiger partial charge on any atom is -0.394 e. The van der Waals surface area contributed by atoms with Gasteiger partial charge in [0.1, 0.15) is 5.82 Å². The third-order valence-electron chi connectivity index (χ3n) is 3.62. The number of nitrogens with zero attached hydrogens (tertiary/aromatic N) is 2. The van der Waals surface area contributed by atoms with Gasteiger partial charge in [0.15, 0.2) is 0 Å². The molecule has 2 rings (SSSR count). The Morgan fingerprint density at radius 2 is 2.00 bits per heavy atom. The molecule has 1 saturated carbocycles. The molecule has 1 heterocycles. The van der Waals surface area contributed by atoms with Crippen molar-refractivity contribution in [1.29, 1.82) is 0 Å². The van der Waals surface area contributed by atoms with Crippen LogP contribution >= 0.6 is 11.8 Å². The Morgan fingerprint density at radius 1 is 1.35 bits per heavy atom. The van der Waals surface area contributed by atoms with Crippen LogP contribution in [0.25, 0.3) is 0 Å². The van der Waals surface area contributed by atoms with Crippen LogP contribution in [0.4, 0.5) is 11.5 Å². The van der Waals surface area contributed by atoms with Crippen molar-refractivity contribution in [2.45, 2.75) is 43.9 Å². The van der Waals surface area contributed by atoms with Gasteiger partial charge in [-0.1, -0.05) is 0 Å². The van der Waals surface area contributed by atoms with E-state index in [9.17, 15) is 0 Å². The van der Waals surface area contributed by atoms with Gasteiger partial charge in [-0.25, -0.2) is 0 Å². The van der Waals surface area contributed by atoms with Gasteiger partial charge in [-0.15, -0.1) is 0 Å². The first-order valence-corrected chi connectivity index (χ1v) is 7.49. The maximum Gasteiger partial charge on any atom is 0.147 e. The van der Waals surface area contributed by atoms with Gasteiger partial charge in [0.2, 0.25) is 0 Å². The fraction of sp³-hybridized carbons (Fsp3) is 0.750. The Kier molecular flexibility index (Phi) is 3.86. The number of anilines is 2. The fourth-order valence-corrected chi connectivity index (χ4v) is 3.23. The Morgan fingerprint density at radius 3 is 2.47 bits per heavy atom. The highest BCUT2D eigenvalue weighted by molar-refractivity contribution is 7.99. The summed E-state index contributed by atoms with van der Waals surface area (Å²) in [4.78, 5) is 0. The van der Waals surface area contributed by atoms with Gasteiger partial charge in [0.05, 0.1) is 11.4 Å². The number of hydrogen-bond acceptors (Lipinski definition) is 4. The van der Waals surface area contributed by atoms with Gasteiger partial charge < -0.3 is 11.1 Å². The van der Waals surface area contributed by atoms with E-state index in [1.54, 1.807) is 0 Å². The molecule has 1 aromatic rings. The predicted octanol–water partition coefficient (Wildman–Crippen LogP) is 2.40. The van der Waals surface area contributed by atoms with Crippen molar-refractivity contribution in [3.8, 4) is 0 Å². The highest BCUT2D eigenvalue weighted by Crippen LogP contribution is 2.30. The number of nitrogen functional groups attached to an aromatic ring is 1. The molecule has 1 fully saturated rings. The molecule has 96 valence electrons. The van der Waals surface area contributed by atoms with Crippen molar-refractivity contribution < 1.29 is 0 Å². The normalized spacial score (nSPS) is 24.9. The summed E-state index contributed by atoms with van der Waals surface area (Å²) in [7, 11) is 1.94. The van der Waals surface area contributed by atoms with Gasteiger partial charge in [0, 0.05) is 18.3 Å². The lowest BCUT2D eigenvalue weighted by Gasteiger charge is -2.28. The van der Waals surface area contributed by atoms with Crippen LogP contribution in [-0.2, 0) is 7.05 Å². The fourth-order valence-electron chi connectivity index (χ4n) is 2.48. The van der Waals surface area contributed by atoms with E-state index in [1.165, 1.54) is 25.7 Å². The number of hydrogen-bond donors (Lipinski definition) is 2. The van der Waals surface area contributed by atoms with Crippen molar-refractivity contribution in [3.05, 3.63) is 5.69 Å². The number of aryl methyl sites for hydroxylation is 2. The third kappa shape index (κ3) is 2.70. The maximum absolute atomic E-state index is 6.02. The molecule has 1 aromatic heterocycles. The predicted molar refractivity (Wildman–Crippen MR) is 75.5 cm³/mol. The molecule has 0 unspecified atom stereocenters. The summed E-state index contributed by atoms with van der Waals surface area (Å²) < 4.78 is 1.85. The Hall–Kier alpha value is -0.840. The molecule has 0 spiro atoms. The average Bonchev–Trinajstić information content (AvgIpc) is 2.57. The van der Waals surface area contributed by atoms with Crippen LogP contribution in [0.3, 0.4) is 0 Å². The van der Waals surface area contributed by atoms with Crippen LogP contribution in [0.2, 0.25) is 0 Å². The molecule has 0 radical (unpaired) electrons. The lowest BCUT2D eigenvalue weighted by atomic mass is 9.95. The molecular formula is C12H22N4S. The molecule has 0 amide bonds. The zero-order chi connectivity index (χ0) is 12.4. The van der Waals surface area contributed by atoms with Crippen molar-refractivity contribution in [3.63, 3.8) is 0 Å². The second kappa shape index (κ2) is 5.21. The summed E-state index contributed by atoms with van der Waals surface area (Å²) in [6.45, 7) is 1.95. The first-order chi connectivity index (χ1) is 8.11. The summed E-state index contributed by atoms with van der Waals surface area (Å²) in [5.74, 6) is 0.982. The van der Waals surface area contributed by atoms with E-state index in [4.69, 9.17) is 5.73 Å². The number of aromatic nitrogens is 2. The molecule has 0 saturated heterocycles. The van der Waals surface area contributed by atoms with Gasteiger partial charge in [-0.3, -0.25) is 4.68 Å². The van der Waals surface area contributed by atoms with Crippen molar-refractivity contribution in [2.24, 2.45) is 7.05 Å². The van der Waals surface area contributed by atoms with Crippen LogP contribution in [0, 0.1) is 6.92 Å². The van der Waals surface area contributed by atoms with Crippen molar-refractivity contribution in [2.75, 3.05) is 17.3 Å². The monoisotopic (exact) mass is 254 g/mol. The molecule has 0 bridgehead atoms. The summed E-state index contributed by atoms with van der Waals surface area (Å²) in [5.41, 5.74) is 7.73. The van der Waals surface area contributed by atoms with Crippen LogP contribution in [0.5, 0.6) is 0 Å². The Labute approximate surface area is 107 Å². The first-order valence-electron chi connectivity index (χ1n) is 6.20. The molecule has 4 nitrogen and oxygen atoms in total. The summed E-state index contributed by atoms with van der Waals surface area (Å²) >= 11 is 1.99. The molecule has 5 heteroatoms. The molecule has 1 aliphatic carbocycles. The quantitative estimate of drug-likeness (QED) is 0.869. The van der Waals surface area contributed by atoms with Gasteiger partial charge >= 0.3 is 0 Å². The highest BCUT2D eigenvalue weighted by atomic mass is 32.2. The average molecular weight is 254 g/mol. The molecule has 17 heavy (non-hydrogen) atoms. The van der Waals surface area contributed by atoms with E-state index in [2.05, 4.69) is 16.7 Å². The lowest BCUT2D eigenvalue weighted by Crippen LogP contribution is -2.28. The molecule has 0 atom stereocenters. The zero-order valence-electron chi connectivity index (χ0n) is 10.9. The van der Waals surface area contributed by atoms with E-state index in [0.717, 1.165) is 22.4 Å². The van der Waals surface area contributed by atoms with Crippen molar-refractivity contribution >= 4 is 23.3 Å². The van der Waals surface area contributed by atoms with Crippen LogP contribution in [-0.4, -0.2) is 27.3 Å². The van der Waals surface area contributed by atoms with Crippen LogP contribution in [0.15, 0.2) is 0 Å². The topological polar surface area (TPSA) is 55.9 Å². The molecule has 3 N–H and O–H groups in total. The second-order valence-electron chi connectivity index (χ2n) is 4.82. The van der Waals surface area contributed by atoms with E-state index >= 15 is 0 Å². The SMILES string of the molecule is CSC1CCC(Nc2c(N)c(C)nn2C)CC1. The largest absolute Gasteiger partial charge is 0.394 e. The summed E-state index contributed by atoms with van der Waals surface area (Å²) in [5, 5.41) is 8.73. The molecule has 0 aromatic carbocycles.